The van der Waals surface area contributed by atoms with Gasteiger partial charge < -0.3 is 10.2 Å². The molecular formula is C23H22N2O. The first-order valence-corrected chi connectivity index (χ1v) is 8.93. The lowest BCUT2D eigenvalue weighted by atomic mass is 10.0. The fourth-order valence-electron chi connectivity index (χ4n) is 3.44. The number of hydrogen-bond acceptors (Lipinski definition) is 2. The minimum absolute atomic E-state index is 0.0444. The molecule has 1 amide bonds. The van der Waals surface area contributed by atoms with Crippen LogP contribution in [0.5, 0.6) is 0 Å². The van der Waals surface area contributed by atoms with Crippen LogP contribution < -0.4 is 10.2 Å². The minimum atomic E-state index is 0.0444. The van der Waals surface area contributed by atoms with Gasteiger partial charge in [-0.25, -0.2) is 0 Å². The van der Waals surface area contributed by atoms with Crippen molar-refractivity contribution < 1.29 is 4.79 Å². The van der Waals surface area contributed by atoms with Crippen molar-refractivity contribution in [2.75, 3.05) is 16.8 Å². The number of aryl methyl sites for hydroxylation is 2. The Balaban J connectivity index is 1.73. The second-order valence-corrected chi connectivity index (χ2v) is 6.84. The number of benzene rings is 3. The number of rotatable bonds is 2. The normalized spacial score (nSPS) is 15.9. The number of nitrogens with one attached hydrogen (secondary N) is 1. The zero-order valence-corrected chi connectivity index (χ0v) is 15.1. The average molecular weight is 342 g/mol. The first-order chi connectivity index (χ1) is 12.6. The summed E-state index contributed by atoms with van der Waals surface area (Å²) in [5.74, 6) is 0.0444. The van der Waals surface area contributed by atoms with Gasteiger partial charge >= 0.3 is 0 Å². The van der Waals surface area contributed by atoms with E-state index in [0.29, 0.717) is 6.54 Å². The minimum Gasteiger partial charge on any atom is -0.375 e. The summed E-state index contributed by atoms with van der Waals surface area (Å²) in [5.41, 5.74) is 6.17. The largest absolute Gasteiger partial charge is 0.375 e. The van der Waals surface area contributed by atoms with Crippen molar-refractivity contribution in [1.82, 2.24) is 0 Å². The molecule has 130 valence electrons. The highest BCUT2D eigenvalue weighted by Crippen LogP contribution is 2.36. The second kappa shape index (κ2) is 6.68. The lowest BCUT2D eigenvalue weighted by molar-refractivity contribution is 0.0985. The molecule has 0 aliphatic carbocycles. The van der Waals surface area contributed by atoms with Crippen LogP contribution in [-0.4, -0.2) is 12.5 Å². The predicted octanol–water partition coefficient (Wildman–Crippen LogP) is 5.12. The molecule has 3 aromatic rings. The third kappa shape index (κ3) is 2.97. The highest BCUT2D eigenvalue weighted by Gasteiger charge is 2.29. The van der Waals surface area contributed by atoms with Gasteiger partial charge in [-0.15, -0.1) is 0 Å². The summed E-state index contributed by atoms with van der Waals surface area (Å²) in [6.07, 6.45) is 0. The average Bonchev–Trinajstić information content (AvgIpc) is 2.69. The number of carbonyl (C=O) groups is 1. The Morgan fingerprint density at radius 3 is 2.42 bits per heavy atom. The molecule has 3 aromatic carbocycles. The Bertz CT molecular complexity index is 949. The third-order valence-corrected chi connectivity index (χ3v) is 5.09. The van der Waals surface area contributed by atoms with Crippen LogP contribution in [-0.2, 0) is 0 Å². The zero-order chi connectivity index (χ0) is 18.1. The summed E-state index contributed by atoms with van der Waals surface area (Å²) in [7, 11) is 0. The number of fused-ring (bicyclic) bond motifs is 1. The first kappa shape index (κ1) is 16.4. The lowest BCUT2D eigenvalue weighted by Crippen LogP contribution is -2.40. The summed E-state index contributed by atoms with van der Waals surface area (Å²) >= 11 is 0. The van der Waals surface area contributed by atoms with Crippen molar-refractivity contribution in [2.45, 2.75) is 19.9 Å². The third-order valence-electron chi connectivity index (χ3n) is 5.09. The molecule has 0 radical (unpaired) electrons. The molecule has 0 saturated carbocycles. The Labute approximate surface area is 154 Å². The van der Waals surface area contributed by atoms with E-state index in [4.69, 9.17) is 0 Å². The standard InChI is InChI=1S/C23H22N2O/c1-16-12-13-19(14-17(16)2)23(26)25-15-21(18-8-4-3-5-9-18)24-20-10-6-7-11-22(20)25/h3-14,21,24H,15H2,1-2H3. The molecule has 3 nitrogen and oxygen atoms in total. The number of nitrogens with zero attached hydrogens (tertiary/aromatic N) is 1. The molecule has 3 heteroatoms. The number of carbonyl (C=O) groups excluding carboxylic acids is 1. The molecule has 0 aromatic heterocycles. The van der Waals surface area contributed by atoms with E-state index < -0.39 is 0 Å². The van der Waals surface area contributed by atoms with E-state index in [-0.39, 0.29) is 11.9 Å². The number of hydrogen-bond donors (Lipinski definition) is 1. The summed E-state index contributed by atoms with van der Waals surface area (Å²) < 4.78 is 0. The number of para-hydroxylation sites is 2. The van der Waals surface area contributed by atoms with Gasteiger partial charge in [-0.05, 0) is 54.8 Å². The second-order valence-electron chi connectivity index (χ2n) is 6.84. The fraction of sp³-hybridized carbons (Fsp3) is 0.174. The quantitative estimate of drug-likeness (QED) is 0.701. The predicted molar refractivity (Wildman–Crippen MR) is 107 cm³/mol. The van der Waals surface area contributed by atoms with Gasteiger partial charge in [0.05, 0.1) is 24.0 Å². The Morgan fingerprint density at radius 1 is 0.923 bits per heavy atom. The summed E-state index contributed by atoms with van der Waals surface area (Å²) in [6, 6.07) is 24.3. The number of anilines is 2. The van der Waals surface area contributed by atoms with Gasteiger partial charge in [-0.2, -0.15) is 0 Å². The van der Waals surface area contributed by atoms with E-state index in [2.05, 4.69) is 24.4 Å². The van der Waals surface area contributed by atoms with Crippen LogP contribution in [0.4, 0.5) is 11.4 Å². The summed E-state index contributed by atoms with van der Waals surface area (Å²) in [5, 5.41) is 3.58. The van der Waals surface area contributed by atoms with Crippen molar-refractivity contribution in [3.8, 4) is 0 Å². The molecule has 1 atom stereocenters. The molecule has 1 aliphatic rings. The van der Waals surface area contributed by atoms with Gasteiger partial charge in [0.25, 0.3) is 5.91 Å². The van der Waals surface area contributed by atoms with Crippen LogP contribution in [0.3, 0.4) is 0 Å². The summed E-state index contributed by atoms with van der Waals surface area (Å²) in [6.45, 7) is 4.71. The number of amides is 1. The molecule has 0 saturated heterocycles. The van der Waals surface area contributed by atoms with E-state index in [9.17, 15) is 4.79 Å². The van der Waals surface area contributed by atoms with E-state index in [1.165, 1.54) is 11.1 Å². The maximum Gasteiger partial charge on any atom is 0.258 e. The maximum atomic E-state index is 13.3. The monoisotopic (exact) mass is 342 g/mol. The summed E-state index contributed by atoms with van der Waals surface area (Å²) in [4.78, 5) is 15.2. The van der Waals surface area contributed by atoms with E-state index in [0.717, 1.165) is 22.5 Å². The SMILES string of the molecule is Cc1ccc(C(=O)N2CC(c3ccccc3)Nc3ccccc32)cc1C. The highest BCUT2D eigenvalue weighted by molar-refractivity contribution is 6.08. The van der Waals surface area contributed by atoms with Crippen LogP contribution in [0, 0.1) is 13.8 Å². The van der Waals surface area contributed by atoms with Gasteiger partial charge in [0, 0.05) is 5.56 Å². The van der Waals surface area contributed by atoms with Gasteiger partial charge in [-0.1, -0.05) is 48.5 Å². The molecule has 1 heterocycles. The Hall–Kier alpha value is -3.07. The van der Waals surface area contributed by atoms with Crippen LogP contribution in [0.2, 0.25) is 0 Å². The van der Waals surface area contributed by atoms with Crippen molar-refractivity contribution in [3.63, 3.8) is 0 Å². The molecule has 1 unspecified atom stereocenters. The topological polar surface area (TPSA) is 32.3 Å². The van der Waals surface area contributed by atoms with Crippen molar-refractivity contribution in [2.24, 2.45) is 0 Å². The van der Waals surface area contributed by atoms with Crippen LogP contribution in [0.15, 0.2) is 72.8 Å². The van der Waals surface area contributed by atoms with Crippen LogP contribution >= 0.6 is 0 Å². The molecular weight excluding hydrogens is 320 g/mol. The van der Waals surface area contributed by atoms with Crippen molar-refractivity contribution in [1.29, 1.82) is 0 Å². The van der Waals surface area contributed by atoms with Crippen LogP contribution in [0.1, 0.15) is 33.1 Å². The molecule has 1 N–H and O–H groups in total. The zero-order valence-electron chi connectivity index (χ0n) is 15.1. The van der Waals surface area contributed by atoms with Crippen molar-refractivity contribution >= 4 is 17.3 Å². The van der Waals surface area contributed by atoms with Gasteiger partial charge in [0.15, 0.2) is 0 Å². The lowest BCUT2D eigenvalue weighted by Gasteiger charge is -2.36. The Kier molecular flexibility index (Phi) is 4.21. The van der Waals surface area contributed by atoms with E-state index in [1.54, 1.807) is 0 Å². The molecule has 0 bridgehead atoms. The first-order valence-electron chi connectivity index (χ1n) is 8.93. The maximum absolute atomic E-state index is 13.3. The van der Waals surface area contributed by atoms with Crippen molar-refractivity contribution in [3.05, 3.63) is 95.1 Å². The van der Waals surface area contributed by atoms with E-state index in [1.807, 2.05) is 72.5 Å². The fourth-order valence-corrected chi connectivity index (χ4v) is 3.44. The van der Waals surface area contributed by atoms with Gasteiger partial charge in [0.2, 0.25) is 0 Å². The smallest absolute Gasteiger partial charge is 0.258 e. The van der Waals surface area contributed by atoms with Gasteiger partial charge in [-0.3, -0.25) is 4.79 Å². The molecule has 0 fully saturated rings. The Morgan fingerprint density at radius 2 is 1.65 bits per heavy atom. The van der Waals surface area contributed by atoms with Crippen LogP contribution in [0.25, 0.3) is 0 Å². The molecule has 0 spiro atoms. The molecule has 1 aliphatic heterocycles. The molecule has 4 rings (SSSR count). The van der Waals surface area contributed by atoms with Gasteiger partial charge in [0.1, 0.15) is 0 Å². The van der Waals surface area contributed by atoms with E-state index >= 15 is 0 Å². The highest BCUT2D eigenvalue weighted by atomic mass is 16.2. The molecule has 26 heavy (non-hydrogen) atoms.